The largest absolute Gasteiger partial charge is 0.480 e. The fraction of sp³-hybridized carbons (Fsp3) is 0.571. The molecule has 1 heterocycles. The summed E-state index contributed by atoms with van der Waals surface area (Å²) in [6.07, 6.45) is 2.06. The molecule has 1 aromatic carbocycles. The lowest BCUT2D eigenvalue weighted by Gasteiger charge is -2.33. The number of piperidine rings is 1. The molecule has 1 fully saturated rings. The fourth-order valence-electron chi connectivity index (χ4n) is 3.61. The zero-order chi connectivity index (χ0) is 20.1. The fourth-order valence-corrected chi connectivity index (χ4v) is 3.61. The van der Waals surface area contributed by atoms with E-state index in [0.29, 0.717) is 31.5 Å². The zero-order valence-electron chi connectivity index (χ0n) is 16.6. The minimum atomic E-state index is -1.02. The van der Waals surface area contributed by atoms with Crippen LogP contribution < -0.4 is 5.32 Å². The standard InChI is InChI=1S/C21H30N2O4/c1-5-15(4)18(21(26)27)22-19(24)16-7-6-8-23(12-16)20(25)17-10-13(2)9-14(3)11-17/h9-11,15-16,18H,5-8,12H2,1-4H3,(H,22,24)(H,26,27)/t15-,16?,18-/m0/s1. The van der Waals surface area contributed by atoms with E-state index >= 15 is 0 Å². The first-order valence-corrected chi connectivity index (χ1v) is 9.63. The van der Waals surface area contributed by atoms with Crippen molar-refractivity contribution in [1.82, 2.24) is 10.2 Å². The maximum absolute atomic E-state index is 12.9. The highest BCUT2D eigenvalue weighted by molar-refractivity contribution is 5.95. The zero-order valence-corrected chi connectivity index (χ0v) is 16.6. The molecule has 3 atom stereocenters. The molecule has 2 amide bonds. The Hall–Kier alpha value is -2.37. The highest BCUT2D eigenvalue weighted by atomic mass is 16.4. The molecule has 1 aliphatic rings. The third-order valence-electron chi connectivity index (χ3n) is 5.32. The summed E-state index contributed by atoms with van der Waals surface area (Å²) in [4.78, 5) is 38.7. The summed E-state index contributed by atoms with van der Waals surface area (Å²) >= 11 is 0. The quantitative estimate of drug-likeness (QED) is 0.802. The Morgan fingerprint density at radius 1 is 1.22 bits per heavy atom. The molecule has 0 aromatic heterocycles. The first-order chi connectivity index (χ1) is 12.7. The van der Waals surface area contributed by atoms with Gasteiger partial charge in [0.05, 0.1) is 5.92 Å². The van der Waals surface area contributed by atoms with Crippen LogP contribution >= 0.6 is 0 Å². The van der Waals surface area contributed by atoms with Crippen molar-refractivity contribution in [2.75, 3.05) is 13.1 Å². The molecule has 0 radical (unpaired) electrons. The maximum atomic E-state index is 12.9. The Kier molecular flexibility index (Phi) is 6.99. The predicted octanol–water partition coefficient (Wildman–Crippen LogP) is 2.77. The van der Waals surface area contributed by atoms with Crippen molar-refractivity contribution in [3.63, 3.8) is 0 Å². The molecule has 1 unspecified atom stereocenters. The van der Waals surface area contributed by atoms with Crippen molar-refractivity contribution in [3.8, 4) is 0 Å². The van der Waals surface area contributed by atoms with Gasteiger partial charge >= 0.3 is 5.97 Å². The molecule has 6 heteroatoms. The second kappa shape index (κ2) is 9.02. The molecule has 1 aliphatic heterocycles. The van der Waals surface area contributed by atoms with Gasteiger partial charge in [0.25, 0.3) is 5.91 Å². The first-order valence-electron chi connectivity index (χ1n) is 9.63. The molecule has 6 nitrogen and oxygen atoms in total. The van der Waals surface area contributed by atoms with Crippen LogP contribution in [0.5, 0.6) is 0 Å². The van der Waals surface area contributed by atoms with Crippen molar-refractivity contribution in [1.29, 1.82) is 0 Å². The van der Waals surface area contributed by atoms with Gasteiger partial charge in [0, 0.05) is 18.7 Å². The lowest BCUT2D eigenvalue weighted by atomic mass is 9.94. The SMILES string of the molecule is CC[C@H](C)[C@H](NC(=O)C1CCCN(C(=O)c2cc(C)cc(C)c2)C1)C(=O)O. The third kappa shape index (κ3) is 5.31. The number of rotatable bonds is 6. The summed E-state index contributed by atoms with van der Waals surface area (Å²) in [7, 11) is 0. The molecule has 0 spiro atoms. The Morgan fingerprint density at radius 3 is 2.41 bits per heavy atom. The van der Waals surface area contributed by atoms with Crippen molar-refractivity contribution >= 4 is 17.8 Å². The van der Waals surface area contributed by atoms with E-state index in [1.165, 1.54) is 0 Å². The first kappa shape index (κ1) is 20.9. The molecule has 27 heavy (non-hydrogen) atoms. The van der Waals surface area contributed by atoms with Crippen LogP contribution in [-0.4, -0.2) is 46.9 Å². The molecule has 2 N–H and O–H groups in total. The van der Waals surface area contributed by atoms with Gasteiger partial charge in [-0.25, -0.2) is 4.79 Å². The van der Waals surface area contributed by atoms with Crippen molar-refractivity contribution in [2.45, 2.75) is 53.0 Å². The number of nitrogens with zero attached hydrogens (tertiary/aromatic N) is 1. The minimum absolute atomic E-state index is 0.0731. The number of carboxylic acid groups (broad SMARTS) is 1. The summed E-state index contributed by atoms with van der Waals surface area (Å²) in [5, 5.41) is 12.1. The molecule has 148 valence electrons. The van der Waals surface area contributed by atoms with E-state index in [2.05, 4.69) is 5.32 Å². The highest BCUT2D eigenvalue weighted by Crippen LogP contribution is 2.21. The number of amides is 2. The number of carbonyl (C=O) groups is 3. The highest BCUT2D eigenvalue weighted by Gasteiger charge is 2.32. The molecule has 1 saturated heterocycles. The average molecular weight is 374 g/mol. The molecule has 2 rings (SSSR count). The van der Waals surface area contributed by atoms with Crippen LogP contribution in [0.2, 0.25) is 0 Å². The van der Waals surface area contributed by atoms with Crippen LogP contribution in [0.25, 0.3) is 0 Å². The predicted molar refractivity (Wildman–Crippen MR) is 104 cm³/mol. The van der Waals surface area contributed by atoms with Crippen LogP contribution in [0.15, 0.2) is 18.2 Å². The monoisotopic (exact) mass is 374 g/mol. The summed E-state index contributed by atoms with van der Waals surface area (Å²) in [5.74, 6) is -1.89. The van der Waals surface area contributed by atoms with Crippen molar-refractivity contribution in [3.05, 3.63) is 34.9 Å². The second-order valence-corrected chi connectivity index (χ2v) is 7.68. The number of carbonyl (C=O) groups excluding carboxylic acids is 2. The Bertz CT molecular complexity index is 696. The van der Waals surface area contributed by atoms with Crippen LogP contribution in [0, 0.1) is 25.7 Å². The number of likely N-dealkylation sites (tertiary alicyclic amines) is 1. The van der Waals surface area contributed by atoms with Gasteiger partial charge in [0.2, 0.25) is 5.91 Å². The van der Waals surface area contributed by atoms with Crippen LogP contribution in [0.1, 0.15) is 54.6 Å². The molecule has 0 aliphatic carbocycles. The Balaban J connectivity index is 2.07. The van der Waals surface area contributed by atoms with Crippen LogP contribution in [-0.2, 0) is 9.59 Å². The maximum Gasteiger partial charge on any atom is 0.326 e. The van der Waals surface area contributed by atoms with E-state index in [4.69, 9.17) is 0 Å². The van der Waals surface area contributed by atoms with Gasteiger partial charge in [-0.2, -0.15) is 0 Å². The lowest BCUT2D eigenvalue weighted by Crippen LogP contribution is -2.51. The van der Waals surface area contributed by atoms with Gasteiger partial charge in [-0.3, -0.25) is 9.59 Å². The van der Waals surface area contributed by atoms with E-state index < -0.39 is 12.0 Å². The van der Waals surface area contributed by atoms with Gasteiger partial charge in [0.1, 0.15) is 6.04 Å². The molecule has 0 saturated carbocycles. The van der Waals surface area contributed by atoms with Crippen molar-refractivity contribution < 1.29 is 19.5 Å². The average Bonchev–Trinajstić information content (AvgIpc) is 2.63. The number of benzene rings is 1. The Labute approximate surface area is 160 Å². The third-order valence-corrected chi connectivity index (χ3v) is 5.32. The second-order valence-electron chi connectivity index (χ2n) is 7.68. The van der Waals surface area contributed by atoms with E-state index in [1.54, 1.807) is 4.90 Å². The summed E-state index contributed by atoms with van der Waals surface area (Å²) in [6.45, 7) is 8.57. The van der Waals surface area contributed by atoms with Gasteiger partial charge in [-0.05, 0) is 44.7 Å². The number of nitrogens with one attached hydrogen (secondary N) is 1. The summed E-state index contributed by atoms with van der Waals surface area (Å²) in [6, 6.07) is 4.85. The molecule has 1 aromatic rings. The summed E-state index contributed by atoms with van der Waals surface area (Å²) in [5.41, 5.74) is 2.70. The number of carboxylic acids is 1. The molecular formula is C21H30N2O4. The number of aryl methyl sites for hydroxylation is 2. The smallest absolute Gasteiger partial charge is 0.326 e. The van der Waals surface area contributed by atoms with E-state index in [0.717, 1.165) is 17.5 Å². The van der Waals surface area contributed by atoms with Gasteiger partial charge in [-0.15, -0.1) is 0 Å². The van der Waals surface area contributed by atoms with Gasteiger partial charge in [0.15, 0.2) is 0 Å². The number of aliphatic carboxylic acids is 1. The van der Waals surface area contributed by atoms with E-state index in [-0.39, 0.29) is 23.7 Å². The molecule has 0 bridgehead atoms. The van der Waals surface area contributed by atoms with Gasteiger partial charge in [-0.1, -0.05) is 37.5 Å². The van der Waals surface area contributed by atoms with Gasteiger partial charge < -0.3 is 15.3 Å². The van der Waals surface area contributed by atoms with E-state index in [9.17, 15) is 19.5 Å². The minimum Gasteiger partial charge on any atom is -0.480 e. The van der Waals surface area contributed by atoms with Crippen molar-refractivity contribution in [2.24, 2.45) is 11.8 Å². The number of hydrogen-bond donors (Lipinski definition) is 2. The summed E-state index contributed by atoms with van der Waals surface area (Å²) < 4.78 is 0. The molecular weight excluding hydrogens is 344 g/mol. The topological polar surface area (TPSA) is 86.7 Å². The van der Waals surface area contributed by atoms with Crippen LogP contribution in [0.3, 0.4) is 0 Å². The normalized spacial score (nSPS) is 19.3. The van der Waals surface area contributed by atoms with E-state index in [1.807, 2.05) is 45.9 Å². The number of hydrogen-bond acceptors (Lipinski definition) is 3. The van der Waals surface area contributed by atoms with Crippen LogP contribution in [0.4, 0.5) is 0 Å². The lowest BCUT2D eigenvalue weighted by molar-refractivity contribution is -0.144. The Morgan fingerprint density at radius 2 is 1.85 bits per heavy atom.